The number of hydrogen-bond donors (Lipinski definition) is 0. The highest BCUT2D eigenvalue weighted by Gasteiger charge is 2.15. The van der Waals surface area contributed by atoms with Gasteiger partial charge >= 0.3 is 0 Å². The Morgan fingerprint density at radius 2 is 2.08 bits per heavy atom. The number of carbonyl (C=O) groups is 1. The van der Waals surface area contributed by atoms with Gasteiger partial charge in [-0.05, 0) is 61.2 Å². The standard InChI is InChI=1S/C17H14ClN3O3S/c1-2-21-15(11-5-7-12(18)8-6-11)19-20-17(21)25-14(16(22)23)10-13-4-3-9-24-13/h3-10H,2H2,1H3,(H,22,23)/p-1/b14-10+. The first kappa shape index (κ1) is 17.3. The van der Waals surface area contributed by atoms with Gasteiger partial charge < -0.3 is 18.9 Å². The van der Waals surface area contributed by atoms with Crippen molar-refractivity contribution in [2.45, 2.75) is 18.6 Å². The maximum absolute atomic E-state index is 11.4. The van der Waals surface area contributed by atoms with Crippen LogP contribution in [0.5, 0.6) is 0 Å². The topological polar surface area (TPSA) is 84.0 Å². The number of nitrogens with zero attached hydrogens (tertiary/aromatic N) is 3. The Morgan fingerprint density at radius 1 is 1.32 bits per heavy atom. The van der Waals surface area contributed by atoms with Crippen LogP contribution < -0.4 is 5.11 Å². The van der Waals surface area contributed by atoms with Crippen molar-refractivity contribution in [2.24, 2.45) is 0 Å². The second-order valence-electron chi connectivity index (χ2n) is 4.97. The lowest BCUT2D eigenvalue weighted by atomic mass is 10.2. The van der Waals surface area contributed by atoms with E-state index in [0.29, 0.717) is 28.3 Å². The van der Waals surface area contributed by atoms with E-state index >= 15 is 0 Å². The summed E-state index contributed by atoms with van der Waals surface area (Å²) in [5, 5.41) is 20.8. The van der Waals surface area contributed by atoms with Crippen LogP contribution in [0.4, 0.5) is 0 Å². The van der Waals surface area contributed by atoms with E-state index in [1.165, 1.54) is 12.3 Å². The molecule has 0 radical (unpaired) electrons. The average Bonchev–Trinajstić information content (AvgIpc) is 3.24. The van der Waals surface area contributed by atoms with Gasteiger partial charge in [-0.15, -0.1) is 10.2 Å². The number of carbonyl (C=O) groups excluding carboxylic acids is 1. The molecule has 3 aromatic rings. The van der Waals surface area contributed by atoms with E-state index in [4.69, 9.17) is 16.0 Å². The highest BCUT2D eigenvalue weighted by atomic mass is 35.5. The van der Waals surface area contributed by atoms with Crippen molar-refractivity contribution in [1.29, 1.82) is 0 Å². The molecule has 0 amide bonds. The van der Waals surface area contributed by atoms with Crippen LogP contribution in [0.3, 0.4) is 0 Å². The molecule has 6 nitrogen and oxygen atoms in total. The van der Waals surface area contributed by atoms with Gasteiger partial charge in [-0.25, -0.2) is 0 Å². The van der Waals surface area contributed by atoms with E-state index in [-0.39, 0.29) is 4.91 Å². The minimum absolute atomic E-state index is 0.0142. The van der Waals surface area contributed by atoms with Crippen molar-refractivity contribution >= 4 is 35.4 Å². The van der Waals surface area contributed by atoms with Crippen LogP contribution in [0.2, 0.25) is 5.02 Å². The minimum Gasteiger partial charge on any atom is -0.544 e. The molecule has 0 aliphatic rings. The summed E-state index contributed by atoms with van der Waals surface area (Å²) in [4.78, 5) is 11.4. The van der Waals surface area contributed by atoms with Crippen molar-refractivity contribution < 1.29 is 14.3 Å². The lowest BCUT2D eigenvalue weighted by Crippen LogP contribution is -2.23. The Bertz CT molecular complexity index is 902. The van der Waals surface area contributed by atoms with Gasteiger partial charge in [0.05, 0.1) is 12.2 Å². The summed E-state index contributed by atoms with van der Waals surface area (Å²) in [6.45, 7) is 2.51. The molecular formula is C17H13ClN3O3S-. The quantitative estimate of drug-likeness (QED) is 0.487. The summed E-state index contributed by atoms with van der Waals surface area (Å²) in [6.07, 6.45) is 2.87. The van der Waals surface area contributed by atoms with Gasteiger partial charge in [0, 0.05) is 22.0 Å². The Kier molecular flexibility index (Phi) is 5.25. The van der Waals surface area contributed by atoms with Crippen LogP contribution in [0, 0.1) is 0 Å². The molecule has 0 bridgehead atoms. The maximum atomic E-state index is 11.4. The van der Waals surface area contributed by atoms with Gasteiger partial charge in [-0.2, -0.15) is 0 Å². The fourth-order valence-electron chi connectivity index (χ4n) is 2.19. The number of aromatic nitrogens is 3. The molecule has 2 aromatic heterocycles. The van der Waals surface area contributed by atoms with Crippen LogP contribution in [0.1, 0.15) is 12.7 Å². The molecule has 0 N–H and O–H groups in total. The SMILES string of the molecule is CCn1c(S/C(=C/c2ccco2)C(=O)[O-])nnc1-c1ccc(Cl)cc1. The molecule has 0 aliphatic heterocycles. The van der Waals surface area contributed by atoms with Gasteiger partial charge in [-0.1, -0.05) is 11.6 Å². The molecule has 3 rings (SSSR count). The van der Waals surface area contributed by atoms with Crippen LogP contribution in [0.25, 0.3) is 17.5 Å². The molecule has 0 saturated carbocycles. The number of aliphatic carboxylic acids is 1. The number of furan rings is 1. The Labute approximate surface area is 153 Å². The lowest BCUT2D eigenvalue weighted by molar-refractivity contribution is -0.298. The third kappa shape index (κ3) is 3.94. The summed E-state index contributed by atoms with van der Waals surface area (Å²) in [5.41, 5.74) is 0.843. The van der Waals surface area contributed by atoms with E-state index in [0.717, 1.165) is 17.3 Å². The average molecular weight is 375 g/mol. The number of carboxylic acid groups (broad SMARTS) is 1. The molecule has 128 valence electrons. The van der Waals surface area contributed by atoms with Crippen LogP contribution >= 0.6 is 23.4 Å². The summed E-state index contributed by atoms with van der Waals surface area (Å²) < 4.78 is 6.98. The summed E-state index contributed by atoms with van der Waals surface area (Å²) in [5.74, 6) is -0.246. The van der Waals surface area contributed by atoms with Crippen molar-refractivity contribution in [1.82, 2.24) is 14.8 Å². The second kappa shape index (κ2) is 7.58. The molecule has 0 unspecified atom stereocenters. The Hall–Kier alpha value is -2.51. The van der Waals surface area contributed by atoms with E-state index in [9.17, 15) is 9.90 Å². The van der Waals surface area contributed by atoms with Crippen LogP contribution in [0.15, 0.2) is 57.1 Å². The summed E-state index contributed by atoms with van der Waals surface area (Å²) in [7, 11) is 0. The Morgan fingerprint density at radius 3 is 2.68 bits per heavy atom. The van der Waals surface area contributed by atoms with Crippen LogP contribution in [-0.4, -0.2) is 20.7 Å². The monoisotopic (exact) mass is 374 g/mol. The molecule has 2 heterocycles. The zero-order chi connectivity index (χ0) is 17.8. The number of rotatable bonds is 6. The zero-order valence-corrected chi connectivity index (χ0v) is 14.8. The molecule has 0 fully saturated rings. The molecule has 0 spiro atoms. The van der Waals surface area contributed by atoms with Gasteiger partial charge in [0.2, 0.25) is 0 Å². The lowest BCUT2D eigenvalue weighted by Gasteiger charge is -2.10. The molecule has 25 heavy (non-hydrogen) atoms. The fourth-order valence-corrected chi connectivity index (χ4v) is 3.18. The molecular weight excluding hydrogens is 362 g/mol. The zero-order valence-electron chi connectivity index (χ0n) is 13.2. The number of carboxylic acids is 1. The number of hydrogen-bond acceptors (Lipinski definition) is 6. The first-order chi connectivity index (χ1) is 12.1. The first-order valence-corrected chi connectivity index (χ1v) is 8.61. The van der Waals surface area contributed by atoms with Crippen molar-refractivity contribution in [3.63, 3.8) is 0 Å². The van der Waals surface area contributed by atoms with Gasteiger partial charge in [-0.3, -0.25) is 0 Å². The summed E-state index contributed by atoms with van der Waals surface area (Å²) in [6, 6.07) is 10.5. The molecule has 0 aliphatic carbocycles. The normalized spacial score (nSPS) is 11.7. The van der Waals surface area contributed by atoms with Gasteiger partial charge in [0.1, 0.15) is 5.76 Å². The van der Waals surface area contributed by atoms with Crippen molar-refractivity contribution in [3.05, 3.63) is 58.3 Å². The summed E-state index contributed by atoms with van der Waals surface area (Å²) >= 11 is 6.88. The molecule has 1 aromatic carbocycles. The molecule has 8 heteroatoms. The fraction of sp³-hybridized carbons (Fsp3) is 0.118. The van der Waals surface area contributed by atoms with Gasteiger partial charge in [0.15, 0.2) is 11.0 Å². The van der Waals surface area contributed by atoms with E-state index < -0.39 is 5.97 Å². The highest BCUT2D eigenvalue weighted by Crippen LogP contribution is 2.30. The first-order valence-electron chi connectivity index (χ1n) is 7.42. The van der Waals surface area contributed by atoms with E-state index in [1.807, 2.05) is 23.6 Å². The predicted octanol–water partition coefficient (Wildman–Crippen LogP) is 3.09. The molecule has 0 saturated heterocycles. The third-order valence-electron chi connectivity index (χ3n) is 3.35. The number of thioether (sulfide) groups is 1. The largest absolute Gasteiger partial charge is 0.544 e. The number of benzene rings is 1. The smallest absolute Gasteiger partial charge is 0.196 e. The highest BCUT2D eigenvalue weighted by molar-refractivity contribution is 8.04. The molecule has 0 atom stereocenters. The minimum atomic E-state index is -1.31. The van der Waals surface area contributed by atoms with Crippen molar-refractivity contribution in [2.75, 3.05) is 0 Å². The van der Waals surface area contributed by atoms with Crippen LogP contribution in [-0.2, 0) is 11.3 Å². The van der Waals surface area contributed by atoms with Crippen molar-refractivity contribution in [3.8, 4) is 11.4 Å². The Balaban J connectivity index is 1.94. The number of halogens is 1. The second-order valence-corrected chi connectivity index (χ2v) is 6.42. The predicted molar refractivity (Wildman–Crippen MR) is 93.7 cm³/mol. The van der Waals surface area contributed by atoms with E-state index in [2.05, 4.69) is 10.2 Å². The third-order valence-corrected chi connectivity index (χ3v) is 4.60. The van der Waals surface area contributed by atoms with Gasteiger partial charge in [0.25, 0.3) is 0 Å². The van der Waals surface area contributed by atoms with E-state index in [1.54, 1.807) is 24.3 Å². The maximum Gasteiger partial charge on any atom is 0.196 e.